The molecule has 0 atom stereocenters. The molecule has 0 saturated carbocycles. The van der Waals surface area contributed by atoms with Gasteiger partial charge in [-0.2, -0.15) is 0 Å². The first kappa shape index (κ1) is 14.8. The average Bonchev–Trinajstić information content (AvgIpc) is 2.71. The van der Waals surface area contributed by atoms with Crippen molar-refractivity contribution in [3.05, 3.63) is 29.3 Å². The maximum Gasteiger partial charge on any atom is 0.303 e. The molecular weight excluding hydrogens is 266 g/mol. The van der Waals surface area contributed by atoms with Crippen LogP contribution in [0.25, 0.3) is 0 Å². The number of hydrogen-bond donors (Lipinski definition) is 1. The van der Waals surface area contributed by atoms with Crippen molar-refractivity contribution >= 4 is 5.97 Å². The zero-order valence-electron chi connectivity index (χ0n) is 11.6. The summed E-state index contributed by atoms with van der Waals surface area (Å²) in [7, 11) is 0. The standard InChI is InChI=1S/C15H18F2O3/c1-14(2,8-13(18)19)9-15(16,17)11-3-4-12-10(7-11)5-6-20-12/h3-4,7H,5-6,8-9H2,1-2H3,(H,18,19). The number of halogens is 2. The second-order valence-electron chi connectivity index (χ2n) is 6.04. The fourth-order valence-corrected chi connectivity index (χ4v) is 2.59. The van der Waals surface area contributed by atoms with Gasteiger partial charge in [0.2, 0.25) is 0 Å². The molecule has 1 heterocycles. The molecule has 5 heteroatoms. The molecule has 110 valence electrons. The Morgan fingerprint density at radius 2 is 2.10 bits per heavy atom. The van der Waals surface area contributed by atoms with Gasteiger partial charge < -0.3 is 9.84 Å². The van der Waals surface area contributed by atoms with Crippen LogP contribution in [0.2, 0.25) is 0 Å². The van der Waals surface area contributed by atoms with Gasteiger partial charge >= 0.3 is 5.97 Å². The van der Waals surface area contributed by atoms with Crippen molar-refractivity contribution in [2.75, 3.05) is 6.61 Å². The summed E-state index contributed by atoms with van der Waals surface area (Å²) in [6.45, 7) is 3.62. The summed E-state index contributed by atoms with van der Waals surface area (Å²) >= 11 is 0. The third kappa shape index (κ3) is 3.26. The normalized spacial score (nSPS) is 14.8. The van der Waals surface area contributed by atoms with E-state index in [1.165, 1.54) is 12.1 Å². The van der Waals surface area contributed by atoms with Gasteiger partial charge in [0.25, 0.3) is 5.92 Å². The molecule has 3 nitrogen and oxygen atoms in total. The number of carboxylic acids is 1. The van der Waals surface area contributed by atoms with Gasteiger partial charge in [0.15, 0.2) is 0 Å². The molecular formula is C15H18F2O3. The number of benzene rings is 1. The average molecular weight is 284 g/mol. The van der Waals surface area contributed by atoms with Crippen LogP contribution < -0.4 is 4.74 Å². The molecule has 0 amide bonds. The van der Waals surface area contributed by atoms with Crippen LogP contribution in [-0.2, 0) is 17.1 Å². The Bertz CT molecular complexity index is 524. The number of hydrogen-bond acceptors (Lipinski definition) is 2. The van der Waals surface area contributed by atoms with Crippen LogP contribution in [-0.4, -0.2) is 17.7 Å². The maximum atomic E-state index is 14.3. The molecule has 0 bridgehead atoms. The number of alkyl halides is 2. The van der Waals surface area contributed by atoms with E-state index in [9.17, 15) is 13.6 Å². The number of fused-ring (bicyclic) bond motifs is 1. The van der Waals surface area contributed by atoms with Gasteiger partial charge in [0, 0.05) is 18.4 Å². The Kier molecular flexibility index (Phi) is 3.71. The van der Waals surface area contributed by atoms with Gasteiger partial charge in [-0.1, -0.05) is 13.8 Å². The van der Waals surface area contributed by atoms with E-state index in [1.54, 1.807) is 19.9 Å². The molecule has 0 spiro atoms. The Morgan fingerprint density at radius 3 is 2.75 bits per heavy atom. The Morgan fingerprint density at radius 1 is 1.40 bits per heavy atom. The van der Waals surface area contributed by atoms with Crippen molar-refractivity contribution in [3.63, 3.8) is 0 Å². The van der Waals surface area contributed by atoms with Gasteiger partial charge in [-0.15, -0.1) is 0 Å². The van der Waals surface area contributed by atoms with E-state index in [1.807, 2.05) is 0 Å². The third-order valence-electron chi connectivity index (χ3n) is 3.44. The Hall–Kier alpha value is -1.65. The molecule has 2 rings (SSSR count). The van der Waals surface area contributed by atoms with E-state index in [-0.39, 0.29) is 12.0 Å². The molecule has 0 fully saturated rings. The van der Waals surface area contributed by atoms with Crippen molar-refractivity contribution in [2.45, 2.75) is 39.0 Å². The van der Waals surface area contributed by atoms with Gasteiger partial charge in [-0.3, -0.25) is 4.79 Å². The van der Waals surface area contributed by atoms with Crippen molar-refractivity contribution in [1.82, 2.24) is 0 Å². The number of carbonyl (C=O) groups is 1. The molecule has 1 N–H and O–H groups in total. The summed E-state index contributed by atoms with van der Waals surface area (Å²) in [6.07, 6.45) is -0.139. The second kappa shape index (κ2) is 5.04. The zero-order valence-corrected chi connectivity index (χ0v) is 11.6. The molecule has 20 heavy (non-hydrogen) atoms. The number of carboxylic acid groups (broad SMARTS) is 1. The lowest BCUT2D eigenvalue weighted by atomic mass is 9.81. The summed E-state index contributed by atoms with van der Waals surface area (Å²) < 4.78 is 34.0. The summed E-state index contributed by atoms with van der Waals surface area (Å²) in [5.74, 6) is -3.45. The first-order chi connectivity index (χ1) is 9.20. The largest absolute Gasteiger partial charge is 0.493 e. The van der Waals surface area contributed by atoms with E-state index in [4.69, 9.17) is 9.84 Å². The van der Waals surface area contributed by atoms with Gasteiger partial charge in [-0.05, 0) is 29.2 Å². The predicted octanol–water partition coefficient (Wildman–Crippen LogP) is 3.60. The zero-order chi connectivity index (χ0) is 15.0. The second-order valence-corrected chi connectivity index (χ2v) is 6.04. The highest BCUT2D eigenvalue weighted by Crippen LogP contribution is 2.42. The SMILES string of the molecule is CC(C)(CC(=O)O)CC(F)(F)c1ccc2c(c1)CCO2. The van der Waals surface area contributed by atoms with Gasteiger partial charge in [0.05, 0.1) is 13.0 Å². The number of rotatable bonds is 5. The van der Waals surface area contributed by atoms with Crippen molar-refractivity contribution in [3.8, 4) is 5.75 Å². The summed E-state index contributed by atoms with van der Waals surface area (Å²) in [6, 6.07) is 4.40. The van der Waals surface area contributed by atoms with Crippen LogP contribution in [0.4, 0.5) is 8.78 Å². The monoisotopic (exact) mass is 284 g/mol. The van der Waals surface area contributed by atoms with E-state index < -0.39 is 23.7 Å². The van der Waals surface area contributed by atoms with E-state index >= 15 is 0 Å². The van der Waals surface area contributed by atoms with Crippen molar-refractivity contribution in [2.24, 2.45) is 5.41 Å². The Labute approximate surface area is 116 Å². The molecule has 1 aliphatic rings. The number of ether oxygens (including phenoxy) is 1. The maximum absolute atomic E-state index is 14.3. The van der Waals surface area contributed by atoms with Crippen LogP contribution in [0, 0.1) is 5.41 Å². The van der Waals surface area contributed by atoms with Crippen LogP contribution >= 0.6 is 0 Å². The van der Waals surface area contributed by atoms with E-state index in [0.29, 0.717) is 18.8 Å². The highest BCUT2D eigenvalue weighted by atomic mass is 19.3. The lowest BCUT2D eigenvalue weighted by Gasteiger charge is -2.28. The minimum Gasteiger partial charge on any atom is -0.493 e. The topological polar surface area (TPSA) is 46.5 Å². The van der Waals surface area contributed by atoms with Gasteiger partial charge in [-0.25, -0.2) is 8.78 Å². The summed E-state index contributed by atoms with van der Waals surface area (Å²) in [4.78, 5) is 10.7. The smallest absolute Gasteiger partial charge is 0.303 e. The lowest BCUT2D eigenvalue weighted by Crippen LogP contribution is -2.26. The Balaban J connectivity index is 2.19. The minimum atomic E-state index is -3.05. The molecule has 0 saturated heterocycles. The minimum absolute atomic E-state index is 0.0692. The fraction of sp³-hybridized carbons (Fsp3) is 0.533. The quantitative estimate of drug-likeness (QED) is 0.898. The highest BCUT2D eigenvalue weighted by molar-refractivity contribution is 5.67. The van der Waals surface area contributed by atoms with E-state index in [0.717, 1.165) is 5.56 Å². The first-order valence-electron chi connectivity index (χ1n) is 6.55. The molecule has 0 aromatic heterocycles. The predicted molar refractivity (Wildman–Crippen MR) is 70.2 cm³/mol. The van der Waals surface area contributed by atoms with Crippen molar-refractivity contribution in [1.29, 1.82) is 0 Å². The summed E-state index contributed by atoms with van der Waals surface area (Å²) in [5, 5.41) is 8.78. The van der Waals surface area contributed by atoms with Crippen LogP contribution in [0.3, 0.4) is 0 Å². The van der Waals surface area contributed by atoms with Crippen LogP contribution in [0.1, 0.15) is 37.8 Å². The molecule has 0 radical (unpaired) electrons. The van der Waals surface area contributed by atoms with Gasteiger partial charge in [0.1, 0.15) is 5.75 Å². The van der Waals surface area contributed by atoms with Crippen molar-refractivity contribution < 1.29 is 23.4 Å². The van der Waals surface area contributed by atoms with Crippen LogP contribution in [0.5, 0.6) is 5.75 Å². The lowest BCUT2D eigenvalue weighted by molar-refractivity contribution is -0.140. The molecule has 1 aromatic carbocycles. The van der Waals surface area contributed by atoms with E-state index in [2.05, 4.69) is 0 Å². The fourth-order valence-electron chi connectivity index (χ4n) is 2.59. The molecule has 1 aromatic rings. The van der Waals surface area contributed by atoms with Crippen LogP contribution in [0.15, 0.2) is 18.2 Å². The summed E-state index contributed by atoms with van der Waals surface area (Å²) in [5.41, 5.74) is -0.247. The number of aliphatic carboxylic acids is 1. The first-order valence-corrected chi connectivity index (χ1v) is 6.55. The molecule has 0 aliphatic carbocycles. The molecule has 0 unspecified atom stereocenters. The third-order valence-corrected chi connectivity index (χ3v) is 3.44. The highest BCUT2D eigenvalue weighted by Gasteiger charge is 2.39. The molecule has 1 aliphatic heterocycles.